The number of methoxy groups -OCH3 is 1. The van der Waals surface area contributed by atoms with Crippen LogP contribution in [0.2, 0.25) is 0 Å². The van der Waals surface area contributed by atoms with Crippen molar-refractivity contribution < 1.29 is 18.7 Å². The number of hydrogen-bond acceptors (Lipinski definition) is 6. The molecule has 8 heteroatoms. The first-order valence-corrected chi connectivity index (χ1v) is 12.0. The zero-order chi connectivity index (χ0) is 24.1. The number of fused-ring (bicyclic) bond motifs is 1. The van der Waals surface area contributed by atoms with Crippen molar-refractivity contribution in [1.82, 2.24) is 10.2 Å². The van der Waals surface area contributed by atoms with E-state index in [-0.39, 0.29) is 17.9 Å². The first-order valence-electron chi connectivity index (χ1n) is 11.1. The zero-order valence-electron chi connectivity index (χ0n) is 19.1. The van der Waals surface area contributed by atoms with Crippen molar-refractivity contribution in [2.24, 2.45) is 4.99 Å². The number of rotatable bonds is 8. The number of amides is 1. The van der Waals surface area contributed by atoms with E-state index in [9.17, 15) is 14.0 Å². The Hall–Kier alpha value is -3.39. The van der Waals surface area contributed by atoms with Gasteiger partial charge in [0.2, 0.25) is 5.91 Å². The van der Waals surface area contributed by atoms with Crippen molar-refractivity contribution in [2.45, 2.75) is 32.2 Å². The lowest BCUT2D eigenvalue weighted by Crippen LogP contribution is -2.38. The molecule has 2 aromatic carbocycles. The highest BCUT2D eigenvalue weighted by Crippen LogP contribution is 2.45. The number of hydrogen-bond donors (Lipinski definition) is 1. The van der Waals surface area contributed by atoms with Crippen LogP contribution in [-0.2, 0) is 20.7 Å². The number of halogens is 1. The van der Waals surface area contributed by atoms with E-state index in [1.807, 2.05) is 42.7 Å². The Morgan fingerprint density at radius 2 is 1.88 bits per heavy atom. The van der Waals surface area contributed by atoms with Crippen LogP contribution >= 0.6 is 11.8 Å². The molecule has 2 heterocycles. The summed E-state index contributed by atoms with van der Waals surface area (Å²) in [5.41, 5.74) is 2.98. The summed E-state index contributed by atoms with van der Waals surface area (Å²) in [6.07, 6.45) is 1.30. The standard InChI is InChI=1S/C26H26FN3O3S/c1-3-21-23(25(32)33-2)24(19-11-7-8-12-20(19)27)30-18(16-34-26(30)29-21)15-22(31)28-14-13-17-9-5-4-6-10-17/h4-12,16,24H,3,13-15H2,1-2H3,(H,28,31). The summed E-state index contributed by atoms with van der Waals surface area (Å²) in [5, 5.41) is 5.41. The van der Waals surface area contributed by atoms with Crippen molar-refractivity contribution in [2.75, 3.05) is 13.7 Å². The summed E-state index contributed by atoms with van der Waals surface area (Å²) >= 11 is 1.37. The highest BCUT2D eigenvalue weighted by atomic mass is 32.2. The maximum absolute atomic E-state index is 15.0. The first kappa shape index (κ1) is 23.8. The Bertz CT molecular complexity index is 1180. The molecule has 1 unspecified atom stereocenters. The average molecular weight is 480 g/mol. The Morgan fingerprint density at radius 3 is 2.59 bits per heavy atom. The molecular weight excluding hydrogens is 453 g/mol. The summed E-state index contributed by atoms with van der Waals surface area (Å²) < 4.78 is 20.0. The molecule has 0 bridgehead atoms. The van der Waals surface area contributed by atoms with Crippen LogP contribution in [0.25, 0.3) is 0 Å². The Morgan fingerprint density at radius 1 is 1.15 bits per heavy atom. The van der Waals surface area contributed by atoms with E-state index < -0.39 is 17.8 Å². The number of nitrogens with one attached hydrogen (secondary N) is 1. The van der Waals surface area contributed by atoms with E-state index >= 15 is 0 Å². The van der Waals surface area contributed by atoms with E-state index in [1.54, 1.807) is 23.1 Å². The van der Waals surface area contributed by atoms with Gasteiger partial charge in [-0.05, 0) is 29.9 Å². The Kier molecular flexibility index (Phi) is 7.47. The number of carbonyl (C=O) groups excluding carboxylic acids is 2. The van der Waals surface area contributed by atoms with Crippen molar-refractivity contribution in [3.8, 4) is 0 Å². The lowest BCUT2D eigenvalue weighted by atomic mass is 9.92. The minimum atomic E-state index is -0.769. The van der Waals surface area contributed by atoms with Crippen LogP contribution in [0.5, 0.6) is 0 Å². The summed E-state index contributed by atoms with van der Waals surface area (Å²) in [6.45, 7) is 2.40. The van der Waals surface area contributed by atoms with E-state index in [4.69, 9.17) is 4.74 Å². The predicted octanol–water partition coefficient (Wildman–Crippen LogP) is 4.71. The normalized spacial score (nSPS) is 17.1. The van der Waals surface area contributed by atoms with E-state index in [0.29, 0.717) is 35.1 Å². The van der Waals surface area contributed by atoms with Gasteiger partial charge in [-0.1, -0.05) is 67.2 Å². The van der Waals surface area contributed by atoms with Gasteiger partial charge in [0, 0.05) is 17.8 Å². The highest BCUT2D eigenvalue weighted by molar-refractivity contribution is 8.16. The fourth-order valence-corrected chi connectivity index (χ4v) is 5.06. The number of amidine groups is 1. The molecule has 1 atom stereocenters. The average Bonchev–Trinajstić information content (AvgIpc) is 3.25. The molecule has 0 radical (unpaired) electrons. The van der Waals surface area contributed by atoms with Crippen LogP contribution in [0.15, 0.2) is 82.0 Å². The molecule has 1 N–H and O–H groups in total. The largest absolute Gasteiger partial charge is 0.466 e. The van der Waals surface area contributed by atoms with Gasteiger partial charge in [-0.15, -0.1) is 0 Å². The molecule has 176 valence electrons. The van der Waals surface area contributed by atoms with Gasteiger partial charge in [-0.25, -0.2) is 14.2 Å². The van der Waals surface area contributed by atoms with Crippen LogP contribution < -0.4 is 5.32 Å². The SMILES string of the molecule is CCC1=C(C(=O)OC)C(c2ccccc2F)N2C(CC(=O)NCCc3ccccc3)=CSC2=N1. The maximum atomic E-state index is 15.0. The molecule has 1 amide bonds. The smallest absolute Gasteiger partial charge is 0.338 e. The van der Waals surface area contributed by atoms with Crippen LogP contribution in [0, 0.1) is 5.82 Å². The molecule has 0 fully saturated rings. The molecule has 2 aromatic rings. The zero-order valence-corrected chi connectivity index (χ0v) is 19.9. The number of allylic oxidation sites excluding steroid dienone is 1. The number of esters is 1. The van der Waals surface area contributed by atoms with Crippen LogP contribution in [0.4, 0.5) is 4.39 Å². The Balaban J connectivity index is 1.58. The molecule has 0 spiro atoms. The second kappa shape index (κ2) is 10.7. The van der Waals surface area contributed by atoms with Crippen molar-refractivity contribution in [3.05, 3.63) is 93.9 Å². The third kappa shape index (κ3) is 4.92. The van der Waals surface area contributed by atoms with Crippen LogP contribution in [0.1, 0.15) is 36.9 Å². The minimum absolute atomic E-state index is 0.0850. The molecule has 2 aliphatic rings. The number of thioether (sulfide) groups is 1. The number of ether oxygens (including phenoxy) is 1. The third-order valence-electron chi connectivity index (χ3n) is 5.75. The quantitative estimate of drug-likeness (QED) is 0.555. The number of benzene rings is 2. The molecule has 0 aliphatic carbocycles. The molecule has 0 aromatic heterocycles. The summed E-state index contributed by atoms with van der Waals surface area (Å²) in [6, 6.07) is 15.5. The minimum Gasteiger partial charge on any atom is -0.466 e. The topological polar surface area (TPSA) is 71.0 Å². The lowest BCUT2D eigenvalue weighted by molar-refractivity contribution is -0.136. The molecular formula is C26H26FN3O3S. The van der Waals surface area contributed by atoms with Gasteiger partial charge in [-0.3, -0.25) is 4.79 Å². The van der Waals surface area contributed by atoms with Crippen molar-refractivity contribution >= 4 is 28.8 Å². The fourth-order valence-electron chi connectivity index (χ4n) is 4.12. The molecule has 2 aliphatic heterocycles. The Labute approximate surface area is 202 Å². The molecule has 0 saturated heterocycles. The third-order valence-corrected chi connectivity index (χ3v) is 6.64. The van der Waals surface area contributed by atoms with Gasteiger partial charge in [0.15, 0.2) is 5.17 Å². The van der Waals surface area contributed by atoms with Gasteiger partial charge in [0.1, 0.15) is 5.82 Å². The predicted molar refractivity (Wildman–Crippen MR) is 131 cm³/mol. The van der Waals surface area contributed by atoms with Gasteiger partial charge >= 0.3 is 5.97 Å². The second-order valence-corrected chi connectivity index (χ2v) is 8.72. The second-order valence-electron chi connectivity index (χ2n) is 7.88. The van der Waals surface area contributed by atoms with E-state index in [0.717, 1.165) is 12.0 Å². The van der Waals surface area contributed by atoms with Crippen molar-refractivity contribution in [1.29, 1.82) is 0 Å². The van der Waals surface area contributed by atoms with Crippen LogP contribution in [0.3, 0.4) is 0 Å². The van der Waals surface area contributed by atoms with Crippen molar-refractivity contribution in [3.63, 3.8) is 0 Å². The van der Waals surface area contributed by atoms with Gasteiger partial charge in [0.05, 0.1) is 30.8 Å². The monoisotopic (exact) mass is 479 g/mol. The number of aliphatic imine (C=N–C) groups is 1. The summed E-state index contributed by atoms with van der Waals surface area (Å²) in [7, 11) is 1.30. The molecule has 4 rings (SSSR count). The fraction of sp³-hybridized carbons (Fsp3) is 0.269. The highest BCUT2D eigenvalue weighted by Gasteiger charge is 2.42. The lowest BCUT2D eigenvalue weighted by Gasteiger charge is -2.36. The summed E-state index contributed by atoms with van der Waals surface area (Å²) in [5.74, 6) is -1.15. The van der Waals surface area contributed by atoms with Gasteiger partial charge < -0.3 is 15.0 Å². The molecule has 0 saturated carbocycles. The molecule has 6 nitrogen and oxygen atoms in total. The van der Waals surface area contributed by atoms with Crippen LogP contribution in [-0.4, -0.2) is 35.6 Å². The first-order chi connectivity index (χ1) is 16.5. The number of carbonyl (C=O) groups is 2. The van der Waals surface area contributed by atoms with Gasteiger partial charge in [-0.2, -0.15) is 0 Å². The summed E-state index contributed by atoms with van der Waals surface area (Å²) in [4.78, 5) is 32.0. The molecule has 34 heavy (non-hydrogen) atoms. The van der Waals surface area contributed by atoms with Gasteiger partial charge in [0.25, 0.3) is 0 Å². The number of nitrogens with zero attached hydrogens (tertiary/aromatic N) is 2. The maximum Gasteiger partial charge on any atom is 0.338 e. The van der Waals surface area contributed by atoms with E-state index in [1.165, 1.54) is 24.9 Å². The van der Waals surface area contributed by atoms with E-state index in [2.05, 4.69) is 10.3 Å².